The van der Waals surface area contributed by atoms with E-state index in [0.717, 1.165) is 12.5 Å². The van der Waals surface area contributed by atoms with Gasteiger partial charge >= 0.3 is 0 Å². The SMILES string of the molecule is c1ncn(CCCC2CNC2)n1. The van der Waals surface area contributed by atoms with Gasteiger partial charge in [-0.1, -0.05) is 0 Å². The third-order valence-corrected chi connectivity index (χ3v) is 2.33. The Kier molecular flexibility index (Phi) is 2.36. The monoisotopic (exact) mass is 166 g/mol. The molecule has 4 heteroatoms. The van der Waals surface area contributed by atoms with E-state index in [0.29, 0.717) is 0 Å². The summed E-state index contributed by atoms with van der Waals surface area (Å²) in [5, 5.41) is 7.32. The average molecular weight is 166 g/mol. The summed E-state index contributed by atoms with van der Waals surface area (Å²) in [6.45, 7) is 3.42. The molecule has 1 aliphatic rings. The molecule has 2 rings (SSSR count). The molecule has 0 radical (unpaired) electrons. The average Bonchev–Trinajstić information content (AvgIpc) is 2.46. The Morgan fingerprint density at radius 1 is 1.50 bits per heavy atom. The van der Waals surface area contributed by atoms with Crippen LogP contribution in [0, 0.1) is 5.92 Å². The highest BCUT2D eigenvalue weighted by Gasteiger charge is 2.15. The predicted octanol–water partition coefficient (Wildman–Crippen LogP) is 0.278. The Hall–Kier alpha value is -0.900. The van der Waals surface area contributed by atoms with Crippen LogP contribution in [-0.2, 0) is 6.54 Å². The first-order valence-corrected chi connectivity index (χ1v) is 4.48. The van der Waals surface area contributed by atoms with Crippen molar-refractivity contribution in [1.82, 2.24) is 20.1 Å². The normalized spacial score (nSPS) is 17.7. The van der Waals surface area contributed by atoms with E-state index in [1.807, 2.05) is 4.68 Å². The van der Waals surface area contributed by atoms with Crippen molar-refractivity contribution in [3.05, 3.63) is 12.7 Å². The van der Waals surface area contributed by atoms with Crippen LogP contribution >= 0.6 is 0 Å². The highest BCUT2D eigenvalue weighted by atomic mass is 15.3. The van der Waals surface area contributed by atoms with Gasteiger partial charge in [-0.25, -0.2) is 4.98 Å². The van der Waals surface area contributed by atoms with E-state index >= 15 is 0 Å². The molecule has 0 aliphatic carbocycles. The van der Waals surface area contributed by atoms with Gasteiger partial charge in [-0.2, -0.15) is 5.10 Å². The van der Waals surface area contributed by atoms with Gasteiger partial charge in [0.25, 0.3) is 0 Å². The molecule has 0 amide bonds. The van der Waals surface area contributed by atoms with E-state index in [1.54, 1.807) is 12.7 Å². The summed E-state index contributed by atoms with van der Waals surface area (Å²) in [6.07, 6.45) is 5.90. The summed E-state index contributed by atoms with van der Waals surface area (Å²) in [5.41, 5.74) is 0. The molecular formula is C8H14N4. The van der Waals surface area contributed by atoms with Gasteiger partial charge in [0.15, 0.2) is 0 Å². The molecule has 0 aromatic carbocycles. The van der Waals surface area contributed by atoms with E-state index in [1.165, 1.54) is 25.9 Å². The summed E-state index contributed by atoms with van der Waals surface area (Å²) >= 11 is 0. The largest absolute Gasteiger partial charge is 0.316 e. The molecule has 1 aromatic heterocycles. The van der Waals surface area contributed by atoms with Gasteiger partial charge in [0.05, 0.1) is 0 Å². The Bertz CT molecular complexity index is 215. The highest BCUT2D eigenvalue weighted by molar-refractivity contribution is 4.74. The van der Waals surface area contributed by atoms with Gasteiger partial charge in [-0.15, -0.1) is 0 Å². The van der Waals surface area contributed by atoms with Crippen molar-refractivity contribution in [2.24, 2.45) is 5.92 Å². The second kappa shape index (κ2) is 3.67. The molecule has 0 unspecified atom stereocenters. The van der Waals surface area contributed by atoms with Crippen molar-refractivity contribution in [2.75, 3.05) is 13.1 Å². The lowest BCUT2D eigenvalue weighted by Crippen LogP contribution is -2.41. The second-order valence-electron chi connectivity index (χ2n) is 3.33. The lowest BCUT2D eigenvalue weighted by molar-refractivity contribution is 0.312. The fourth-order valence-electron chi connectivity index (χ4n) is 1.44. The fourth-order valence-corrected chi connectivity index (χ4v) is 1.44. The first-order valence-electron chi connectivity index (χ1n) is 4.48. The van der Waals surface area contributed by atoms with Gasteiger partial charge in [0, 0.05) is 6.54 Å². The van der Waals surface area contributed by atoms with Crippen molar-refractivity contribution in [3.8, 4) is 0 Å². The molecule has 1 aliphatic heterocycles. The van der Waals surface area contributed by atoms with Crippen LogP contribution in [0.4, 0.5) is 0 Å². The predicted molar refractivity (Wildman–Crippen MR) is 45.6 cm³/mol. The molecule has 1 fully saturated rings. The van der Waals surface area contributed by atoms with Gasteiger partial charge in [0.2, 0.25) is 0 Å². The van der Waals surface area contributed by atoms with E-state index < -0.39 is 0 Å². The highest BCUT2D eigenvalue weighted by Crippen LogP contribution is 2.10. The molecule has 12 heavy (non-hydrogen) atoms. The second-order valence-corrected chi connectivity index (χ2v) is 3.33. The fraction of sp³-hybridized carbons (Fsp3) is 0.750. The van der Waals surface area contributed by atoms with Gasteiger partial charge in [0.1, 0.15) is 12.7 Å². The molecule has 0 bridgehead atoms. The lowest BCUT2D eigenvalue weighted by Gasteiger charge is -2.26. The third-order valence-electron chi connectivity index (χ3n) is 2.33. The van der Waals surface area contributed by atoms with E-state index in [-0.39, 0.29) is 0 Å². The number of rotatable bonds is 4. The van der Waals surface area contributed by atoms with Crippen LogP contribution in [0.3, 0.4) is 0 Å². The summed E-state index contributed by atoms with van der Waals surface area (Å²) in [7, 11) is 0. The Labute approximate surface area is 72.0 Å². The number of hydrogen-bond donors (Lipinski definition) is 1. The Morgan fingerprint density at radius 3 is 3.00 bits per heavy atom. The number of hydrogen-bond acceptors (Lipinski definition) is 3. The topological polar surface area (TPSA) is 42.7 Å². The molecule has 2 heterocycles. The smallest absolute Gasteiger partial charge is 0.137 e. The third kappa shape index (κ3) is 1.82. The molecule has 1 N–H and O–H groups in total. The van der Waals surface area contributed by atoms with Crippen molar-refractivity contribution < 1.29 is 0 Å². The zero-order valence-corrected chi connectivity index (χ0v) is 7.11. The summed E-state index contributed by atoms with van der Waals surface area (Å²) in [5.74, 6) is 0.911. The Morgan fingerprint density at radius 2 is 2.42 bits per heavy atom. The van der Waals surface area contributed by atoms with Gasteiger partial charge in [-0.3, -0.25) is 4.68 Å². The first-order chi connectivity index (χ1) is 5.95. The lowest BCUT2D eigenvalue weighted by atomic mass is 9.98. The van der Waals surface area contributed by atoms with Crippen LogP contribution in [0.25, 0.3) is 0 Å². The minimum Gasteiger partial charge on any atom is -0.316 e. The molecule has 0 spiro atoms. The summed E-state index contributed by atoms with van der Waals surface area (Å²) < 4.78 is 1.89. The standard InChI is InChI=1S/C8H14N4/c1(2-8-4-9-5-8)3-12-7-10-6-11-12/h6-9H,1-5H2. The number of aryl methyl sites for hydroxylation is 1. The molecule has 0 atom stereocenters. The van der Waals surface area contributed by atoms with E-state index in [2.05, 4.69) is 15.4 Å². The van der Waals surface area contributed by atoms with Crippen molar-refractivity contribution in [1.29, 1.82) is 0 Å². The van der Waals surface area contributed by atoms with Crippen molar-refractivity contribution >= 4 is 0 Å². The minimum atomic E-state index is 0.911. The number of nitrogens with one attached hydrogen (secondary N) is 1. The van der Waals surface area contributed by atoms with E-state index in [4.69, 9.17) is 0 Å². The molecule has 0 saturated carbocycles. The molecular weight excluding hydrogens is 152 g/mol. The molecule has 66 valence electrons. The van der Waals surface area contributed by atoms with Crippen LogP contribution in [0.1, 0.15) is 12.8 Å². The molecule has 1 aromatic rings. The minimum absolute atomic E-state index is 0.911. The van der Waals surface area contributed by atoms with Gasteiger partial charge in [-0.05, 0) is 31.8 Å². The van der Waals surface area contributed by atoms with Crippen LogP contribution in [-0.4, -0.2) is 27.9 Å². The number of aromatic nitrogens is 3. The summed E-state index contributed by atoms with van der Waals surface area (Å²) in [4.78, 5) is 3.89. The van der Waals surface area contributed by atoms with Crippen molar-refractivity contribution in [3.63, 3.8) is 0 Å². The van der Waals surface area contributed by atoms with Crippen LogP contribution in [0.15, 0.2) is 12.7 Å². The van der Waals surface area contributed by atoms with Crippen LogP contribution < -0.4 is 5.32 Å². The molecule has 4 nitrogen and oxygen atoms in total. The molecule has 1 saturated heterocycles. The maximum atomic E-state index is 4.05. The zero-order chi connectivity index (χ0) is 8.23. The van der Waals surface area contributed by atoms with Crippen LogP contribution in [0.5, 0.6) is 0 Å². The number of nitrogens with zero attached hydrogens (tertiary/aromatic N) is 3. The quantitative estimate of drug-likeness (QED) is 0.698. The first kappa shape index (κ1) is 7.73. The van der Waals surface area contributed by atoms with E-state index in [9.17, 15) is 0 Å². The maximum absolute atomic E-state index is 4.05. The summed E-state index contributed by atoms with van der Waals surface area (Å²) in [6, 6.07) is 0. The van der Waals surface area contributed by atoms with Crippen molar-refractivity contribution in [2.45, 2.75) is 19.4 Å². The Balaban J connectivity index is 1.62. The maximum Gasteiger partial charge on any atom is 0.137 e. The van der Waals surface area contributed by atoms with Gasteiger partial charge < -0.3 is 5.32 Å². The van der Waals surface area contributed by atoms with Crippen LogP contribution in [0.2, 0.25) is 0 Å². The zero-order valence-electron chi connectivity index (χ0n) is 7.11.